The van der Waals surface area contributed by atoms with E-state index < -0.39 is 6.10 Å². The Balaban J connectivity index is 1.64. The number of ether oxygens (including phenoxy) is 2. The first-order valence-electron chi connectivity index (χ1n) is 8.48. The molecule has 0 aliphatic heterocycles. The molecule has 0 saturated heterocycles. The Morgan fingerprint density at radius 1 is 1.07 bits per heavy atom. The average Bonchev–Trinajstić information content (AvgIpc) is 3.09. The summed E-state index contributed by atoms with van der Waals surface area (Å²) in [5.74, 6) is 1.72. The van der Waals surface area contributed by atoms with Crippen molar-refractivity contribution in [3.05, 3.63) is 53.6 Å². The van der Waals surface area contributed by atoms with E-state index in [1.54, 1.807) is 14.0 Å². The molecule has 0 aliphatic rings. The molecule has 3 rings (SSSR count). The molecule has 0 saturated carbocycles. The molecule has 2 aromatic carbocycles. The van der Waals surface area contributed by atoms with Crippen molar-refractivity contribution in [2.24, 2.45) is 0 Å². The molecule has 1 atom stereocenters. The van der Waals surface area contributed by atoms with Crippen LogP contribution in [0.4, 0.5) is 5.13 Å². The minimum absolute atomic E-state index is 0.272. The number of benzene rings is 2. The number of nitrogens with zero attached hydrogens (tertiary/aromatic N) is 2. The van der Waals surface area contributed by atoms with Crippen LogP contribution >= 0.6 is 11.5 Å². The van der Waals surface area contributed by atoms with Crippen molar-refractivity contribution in [3.8, 4) is 22.9 Å². The van der Waals surface area contributed by atoms with E-state index >= 15 is 0 Å². The Morgan fingerprint density at radius 3 is 2.37 bits per heavy atom. The SMILES string of the molecule is COc1ccc(-c2nsc(NC(=O)[C@H](C)Oc3cc(C)cc(C)c3)n2)cc1. The number of carbonyl (C=O) groups is 1. The molecule has 1 heterocycles. The lowest BCUT2D eigenvalue weighted by Crippen LogP contribution is -2.30. The molecule has 0 bridgehead atoms. The molecule has 0 spiro atoms. The molecule has 0 fully saturated rings. The summed E-state index contributed by atoms with van der Waals surface area (Å²) in [6.07, 6.45) is -0.653. The van der Waals surface area contributed by atoms with Gasteiger partial charge in [-0.25, -0.2) is 0 Å². The number of hydrogen-bond donors (Lipinski definition) is 1. The number of carbonyl (C=O) groups excluding carboxylic acids is 1. The number of nitrogens with one attached hydrogen (secondary N) is 1. The predicted molar refractivity (Wildman–Crippen MR) is 107 cm³/mol. The van der Waals surface area contributed by atoms with Gasteiger partial charge in [0.2, 0.25) is 5.13 Å². The summed E-state index contributed by atoms with van der Waals surface area (Å²) in [7, 11) is 1.62. The summed E-state index contributed by atoms with van der Waals surface area (Å²) in [5, 5.41) is 3.19. The van der Waals surface area contributed by atoms with E-state index in [0.29, 0.717) is 16.7 Å². The highest BCUT2D eigenvalue weighted by Crippen LogP contribution is 2.24. The van der Waals surface area contributed by atoms with Crippen molar-refractivity contribution in [2.75, 3.05) is 12.4 Å². The first-order chi connectivity index (χ1) is 12.9. The van der Waals surface area contributed by atoms with Gasteiger partial charge in [0.05, 0.1) is 7.11 Å². The molecule has 0 unspecified atom stereocenters. The topological polar surface area (TPSA) is 73.3 Å². The fourth-order valence-corrected chi connectivity index (χ4v) is 3.19. The number of anilines is 1. The first-order valence-corrected chi connectivity index (χ1v) is 9.26. The minimum atomic E-state index is -0.653. The molecule has 1 amide bonds. The van der Waals surface area contributed by atoms with Gasteiger partial charge in [-0.05, 0) is 68.3 Å². The van der Waals surface area contributed by atoms with Crippen LogP contribution < -0.4 is 14.8 Å². The van der Waals surface area contributed by atoms with Crippen molar-refractivity contribution >= 4 is 22.6 Å². The lowest BCUT2D eigenvalue weighted by atomic mass is 10.1. The standard InChI is InChI=1S/C20H21N3O3S/c1-12-9-13(2)11-17(10-12)26-14(3)19(24)22-20-21-18(23-27-20)15-5-7-16(25-4)8-6-15/h5-11,14H,1-4H3,(H,21,22,23,24)/t14-/m0/s1. The van der Waals surface area contributed by atoms with Crippen LogP contribution in [0.25, 0.3) is 11.4 Å². The normalized spacial score (nSPS) is 11.7. The van der Waals surface area contributed by atoms with Gasteiger partial charge in [0.25, 0.3) is 5.91 Å². The molecule has 7 heteroatoms. The van der Waals surface area contributed by atoms with Crippen LogP contribution in [0.5, 0.6) is 11.5 Å². The van der Waals surface area contributed by atoms with Crippen molar-refractivity contribution in [1.29, 1.82) is 0 Å². The van der Waals surface area contributed by atoms with Gasteiger partial charge >= 0.3 is 0 Å². The number of aromatic nitrogens is 2. The molecule has 140 valence electrons. The summed E-state index contributed by atoms with van der Waals surface area (Å²) in [6, 6.07) is 13.3. The van der Waals surface area contributed by atoms with Crippen LogP contribution in [0.2, 0.25) is 0 Å². The molecular weight excluding hydrogens is 362 g/mol. The number of aryl methyl sites for hydroxylation is 2. The van der Waals surface area contributed by atoms with Gasteiger partial charge in [-0.15, -0.1) is 0 Å². The Labute approximate surface area is 162 Å². The summed E-state index contributed by atoms with van der Waals surface area (Å²) in [5.41, 5.74) is 3.03. The van der Waals surface area contributed by atoms with E-state index in [1.165, 1.54) is 0 Å². The maximum Gasteiger partial charge on any atom is 0.266 e. The lowest BCUT2D eigenvalue weighted by Gasteiger charge is -2.14. The molecule has 1 aromatic heterocycles. The Hall–Kier alpha value is -2.93. The van der Waals surface area contributed by atoms with Gasteiger partial charge in [-0.1, -0.05) is 6.07 Å². The van der Waals surface area contributed by atoms with Gasteiger partial charge in [-0.2, -0.15) is 9.36 Å². The number of rotatable bonds is 6. The first kappa shape index (κ1) is 18.8. The molecule has 3 aromatic rings. The van der Waals surface area contributed by atoms with E-state index in [1.807, 2.05) is 50.2 Å². The zero-order chi connectivity index (χ0) is 19.4. The minimum Gasteiger partial charge on any atom is -0.497 e. The molecule has 27 heavy (non-hydrogen) atoms. The van der Waals surface area contributed by atoms with Gasteiger partial charge in [0.1, 0.15) is 11.5 Å². The fraction of sp³-hybridized carbons (Fsp3) is 0.250. The lowest BCUT2D eigenvalue weighted by molar-refractivity contribution is -0.122. The predicted octanol–water partition coefficient (Wildman–Crippen LogP) is 4.24. The van der Waals surface area contributed by atoms with Crippen molar-refractivity contribution in [3.63, 3.8) is 0 Å². The highest BCUT2D eigenvalue weighted by Gasteiger charge is 2.17. The van der Waals surface area contributed by atoms with E-state index in [9.17, 15) is 4.79 Å². The molecule has 6 nitrogen and oxygen atoms in total. The number of amides is 1. The maximum absolute atomic E-state index is 12.4. The van der Waals surface area contributed by atoms with Crippen LogP contribution in [0.1, 0.15) is 18.1 Å². The Bertz CT molecular complexity index is 918. The van der Waals surface area contributed by atoms with E-state index in [4.69, 9.17) is 9.47 Å². The molecule has 1 N–H and O–H groups in total. The van der Waals surface area contributed by atoms with Crippen molar-refractivity contribution < 1.29 is 14.3 Å². The van der Waals surface area contributed by atoms with Gasteiger partial charge in [0.15, 0.2) is 11.9 Å². The number of methoxy groups -OCH3 is 1. The zero-order valence-corrected chi connectivity index (χ0v) is 16.5. The van der Waals surface area contributed by atoms with E-state index in [2.05, 4.69) is 20.7 Å². The third-order valence-corrected chi connectivity index (χ3v) is 4.51. The smallest absolute Gasteiger partial charge is 0.266 e. The monoisotopic (exact) mass is 383 g/mol. The third kappa shape index (κ3) is 4.83. The van der Waals surface area contributed by atoms with Gasteiger partial charge in [0, 0.05) is 17.1 Å². The number of hydrogen-bond acceptors (Lipinski definition) is 6. The maximum atomic E-state index is 12.4. The second-order valence-electron chi connectivity index (χ2n) is 6.22. The second-order valence-corrected chi connectivity index (χ2v) is 6.98. The van der Waals surface area contributed by atoms with Crippen LogP contribution in [-0.4, -0.2) is 28.5 Å². The largest absolute Gasteiger partial charge is 0.497 e. The molecule has 0 radical (unpaired) electrons. The Morgan fingerprint density at radius 2 is 1.74 bits per heavy atom. The van der Waals surface area contributed by atoms with E-state index in [0.717, 1.165) is 34.0 Å². The van der Waals surface area contributed by atoms with Gasteiger partial charge in [-0.3, -0.25) is 10.1 Å². The van der Waals surface area contributed by atoms with E-state index in [-0.39, 0.29) is 5.91 Å². The Kier molecular flexibility index (Phi) is 5.71. The quantitative estimate of drug-likeness (QED) is 0.689. The average molecular weight is 383 g/mol. The fourth-order valence-electron chi connectivity index (χ4n) is 2.60. The van der Waals surface area contributed by atoms with Crippen LogP contribution in [0.15, 0.2) is 42.5 Å². The highest BCUT2D eigenvalue weighted by molar-refractivity contribution is 7.10. The highest BCUT2D eigenvalue weighted by atomic mass is 32.1. The third-order valence-electron chi connectivity index (χ3n) is 3.88. The zero-order valence-electron chi connectivity index (χ0n) is 15.6. The summed E-state index contributed by atoms with van der Waals surface area (Å²) in [4.78, 5) is 16.8. The molecule has 0 aliphatic carbocycles. The van der Waals surface area contributed by atoms with Crippen molar-refractivity contribution in [2.45, 2.75) is 26.9 Å². The summed E-state index contributed by atoms with van der Waals surface area (Å²) < 4.78 is 15.2. The van der Waals surface area contributed by atoms with Crippen LogP contribution in [0.3, 0.4) is 0 Å². The summed E-state index contributed by atoms with van der Waals surface area (Å²) >= 11 is 1.13. The molecular formula is C20H21N3O3S. The van der Waals surface area contributed by atoms with Crippen LogP contribution in [0, 0.1) is 13.8 Å². The van der Waals surface area contributed by atoms with Crippen molar-refractivity contribution in [1.82, 2.24) is 9.36 Å². The van der Waals surface area contributed by atoms with Gasteiger partial charge < -0.3 is 9.47 Å². The van der Waals surface area contributed by atoms with Crippen LogP contribution in [-0.2, 0) is 4.79 Å². The summed E-state index contributed by atoms with van der Waals surface area (Å²) in [6.45, 7) is 5.69. The second kappa shape index (κ2) is 8.18.